The molecule has 0 N–H and O–H groups in total. The fourth-order valence-electron chi connectivity index (χ4n) is 2.41. The lowest BCUT2D eigenvalue weighted by Gasteiger charge is -1.91. The molecule has 0 fully saturated rings. The van der Waals surface area contributed by atoms with Gasteiger partial charge in [-0.2, -0.15) is 0 Å². The molecule has 0 spiro atoms. The molecule has 4 aromatic rings. The molecule has 2 aromatic heterocycles. The van der Waals surface area contributed by atoms with Crippen molar-refractivity contribution in [2.24, 2.45) is 9.98 Å². The molecule has 126 valence electrons. The summed E-state index contributed by atoms with van der Waals surface area (Å²) in [4.78, 5) is 13.8. The van der Waals surface area contributed by atoms with E-state index in [9.17, 15) is 0 Å². The van der Waals surface area contributed by atoms with Crippen LogP contribution in [0, 0.1) is 0 Å². The van der Waals surface area contributed by atoms with Gasteiger partial charge in [0.2, 0.25) is 0 Å². The second kappa shape index (κ2) is 8.04. The van der Waals surface area contributed by atoms with Gasteiger partial charge in [-0.25, -0.2) is 0 Å². The predicted molar refractivity (Wildman–Crippen MR) is 115 cm³/mol. The molecule has 2 aromatic carbocycles. The van der Waals surface area contributed by atoms with E-state index in [-0.39, 0.29) is 0 Å². The second-order valence-electron chi connectivity index (χ2n) is 5.59. The number of aliphatic imine (C=N–C) groups is 2. The molecule has 0 aliphatic heterocycles. The molecular weight excluding hydrogens is 356 g/mol. The molecule has 0 atom stereocenters. The molecule has 0 amide bonds. The maximum Gasteiger partial charge on any atom is 0.0630 e. The molecule has 0 unspecified atom stereocenters. The number of hydrogen-bond donors (Lipinski definition) is 0. The average Bonchev–Trinajstić information content (AvgIpc) is 3.36. The van der Waals surface area contributed by atoms with E-state index < -0.39 is 0 Å². The minimum atomic E-state index is 0.970. The van der Waals surface area contributed by atoms with E-state index in [4.69, 9.17) is 0 Å². The van der Waals surface area contributed by atoms with Crippen LogP contribution in [0.15, 0.2) is 94.9 Å². The van der Waals surface area contributed by atoms with Gasteiger partial charge in [0.25, 0.3) is 0 Å². The van der Waals surface area contributed by atoms with Crippen LogP contribution in [0.1, 0.15) is 9.75 Å². The first-order valence-electron chi connectivity index (χ1n) is 8.25. The van der Waals surface area contributed by atoms with Crippen molar-refractivity contribution in [3.05, 3.63) is 94.7 Å². The van der Waals surface area contributed by atoms with Gasteiger partial charge in [0.1, 0.15) is 0 Å². The third-order valence-electron chi connectivity index (χ3n) is 3.69. The van der Waals surface area contributed by atoms with Crippen LogP contribution in [0.3, 0.4) is 0 Å². The summed E-state index contributed by atoms with van der Waals surface area (Å²) in [6.45, 7) is 0. The Kier molecular flexibility index (Phi) is 5.14. The van der Waals surface area contributed by atoms with Crippen LogP contribution in [0.25, 0.3) is 9.75 Å². The van der Waals surface area contributed by atoms with Crippen LogP contribution >= 0.6 is 22.7 Å². The van der Waals surface area contributed by atoms with Crippen molar-refractivity contribution < 1.29 is 0 Å². The summed E-state index contributed by atoms with van der Waals surface area (Å²) in [6.07, 6.45) is 3.85. The van der Waals surface area contributed by atoms with Gasteiger partial charge in [-0.05, 0) is 48.5 Å². The summed E-state index contributed by atoms with van der Waals surface area (Å²) in [5.41, 5.74) is 1.94. The number of benzene rings is 2. The van der Waals surface area contributed by atoms with Crippen molar-refractivity contribution in [3.63, 3.8) is 0 Å². The highest BCUT2D eigenvalue weighted by Gasteiger charge is 2.05. The molecule has 2 nitrogen and oxygen atoms in total. The van der Waals surface area contributed by atoms with Crippen molar-refractivity contribution >= 4 is 46.5 Å². The van der Waals surface area contributed by atoms with E-state index in [2.05, 4.69) is 34.3 Å². The Morgan fingerprint density at radius 3 is 1.35 bits per heavy atom. The number of nitrogens with zero attached hydrogens (tertiary/aromatic N) is 2. The highest BCUT2D eigenvalue weighted by molar-refractivity contribution is 7.23. The molecule has 0 aliphatic rings. The van der Waals surface area contributed by atoms with Gasteiger partial charge >= 0.3 is 0 Å². The molecule has 0 aliphatic carbocycles. The van der Waals surface area contributed by atoms with Crippen LogP contribution in [0.4, 0.5) is 11.4 Å². The third-order valence-corrected chi connectivity index (χ3v) is 5.93. The lowest BCUT2D eigenvalue weighted by Crippen LogP contribution is -1.70. The van der Waals surface area contributed by atoms with E-state index in [1.54, 1.807) is 22.7 Å². The van der Waals surface area contributed by atoms with E-state index in [0.29, 0.717) is 0 Å². The standard InChI is InChI=1S/C22H16N2S2/c1-3-7-17(8-4-1)23-15-19-11-13-21(25-19)22-14-12-20(26-22)16-24-18-9-5-2-6-10-18/h1-16H. The molecule has 0 saturated heterocycles. The van der Waals surface area contributed by atoms with Gasteiger partial charge in [0.05, 0.1) is 11.4 Å². The normalized spacial score (nSPS) is 11.5. The Morgan fingerprint density at radius 2 is 0.923 bits per heavy atom. The minimum Gasteiger partial charge on any atom is -0.255 e. The zero-order chi connectivity index (χ0) is 17.6. The maximum atomic E-state index is 4.52. The Morgan fingerprint density at radius 1 is 0.500 bits per heavy atom. The summed E-state index contributed by atoms with van der Waals surface area (Å²) in [7, 11) is 0. The Labute approximate surface area is 160 Å². The fourth-order valence-corrected chi connectivity index (χ4v) is 4.26. The lowest BCUT2D eigenvalue weighted by molar-refractivity contribution is 1.54. The van der Waals surface area contributed by atoms with Gasteiger partial charge in [0, 0.05) is 31.9 Å². The first kappa shape index (κ1) is 16.6. The minimum absolute atomic E-state index is 0.970. The quantitative estimate of drug-likeness (QED) is 0.338. The number of rotatable bonds is 5. The second-order valence-corrected chi connectivity index (χ2v) is 7.82. The van der Waals surface area contributed by atoms with Gasteiger partial charge < -0.3 is 0 Å². The van der Waals surface area contributed by atoms with Crippen LogP contribution in [-0.2, 0) is 0 Å². The largest absolute Gasteiger partial charge is 0.255 e. The smallest absolute Gasteiger partial charge is 0.0630 e. The summed E-state index contributed by atoms with van der Waals surface area (Å²) in [5, 5.41) is 0. The lowest BCUT2D eigenvalue weighted by atomic mass is 10.3. The summed E-state index contributed by atoms with van der Waals surface area (Å²) < 4.78 is 0. The zero-order valence-corrected chi connectivity index (χ0v) is 15.6. The van der Waals surface area contributed by atoms with E-state index >= 15 is 0 Å². The number of hydrogen-bond acceptors (Lipinski definition) is 4. The van der Waals surface area contributed by atoms with Crippen LogP contribution < -0.4 is 0 Å². The molecule has 26 heavy (non-hydrogen) atoms. The summed E-state index contributed by atoms with van der Waals surface area (Å²) in [6, 6.07) is 28.5. The van der Waals surface area contributed by atoms with Gasteiger partial charge in [0.15, 0.2) is 0 Å². The maximum absolute atomic E-state index is 4.52. The zero-order valence-electron chi connectivity index (χ0n) is 13.9. The van der Waals surface area contributed by atoms with Crippen molar-refractivity contribution in [1.82, 2.24) is 0 Å². The van der Waals surface area contributed by atoms with Gasteiger partial charge in [-0.1, -0.05) is 36.4 Å². The van der Waals surface area contributed by atoms with Crippen molar-refractivity contribution in [1.29, 1.82) is 0 Å². The molecule has 4 rings (SSSR count). The molecular formula is C22H16N2S2. The Bertz CT molecular complexity index is 942. The SMILES string of the molecule is C(=Nc1ccccc1)c1ccc(-c2ccc(C=Nc3ccccc3)s2)s1. The Hall–Kier alpha value is -2.82. The molecule has 0 bridgehead atoms. The van der Waals surface area contributed by atoms with Crippen molar-refractivity contribution in [2.45, 2.75) is 0 Å². The van der Waals surface area contributed by atoms with E-state index in [1.165, 1.54) is 9.75 Å². The van der Waals surface area contributed by atoms with Gasteiger partial charge in [-0.15, -0.1) is 22.7 Å². The molecule has 2 heterocycles. The molecule has 0 saturated carbocycles. The van der Waals surface area contributed by atoms with Crippen molar-refractivity contribution in [3.8, 4) is 9.75 Å². The summed E-state index contributed by atoms with van der Waals surface area (Å²) in [5.74, 6) is 0. The highest BCUT2D eigenvalue weighted by atomic mass is 32.1. The fraction of sp³-hybridized carbons (Fsp3) is 0. The van der Waals surface area contributed by atoms with Crippen LogP contribution in [0.2, 0.25) is 0 Å². The van der Waals surface area contributed by atoms with E-state index in [1.807, 2.05) is 73.1 Å². The van der Waals surface area contributed by atoms with Crippen LogP contribution in [0.5, 0.6) is 0 Å². The summed E-state index contributed by atoms with van der Waals surface area (Å²) >= 11 is 3.50. The molecule has 4 heteroatoms. The first-order valence-corrected chi connectivity index (χ1v) is 9.88. The van der Waals surface area contributed by atoms with Gasteiger partial charge in [-0.3, -0.25) is 9.98 Å². The highest BCUT2D eigenvalue weighted by Crippen LogP contribution is 2.33. The Balaban J connectivity index is 1.47. The monoisotopic (exact) mass is 372 g/mol. The number of para-hydroxylation sites is 2. The molecule has 0 radical (unpaired) electrons. The number of thiophene rings is 2. The van der Waals surface area contributed by atoms with Crippen molar-refractivity contribution in [2.75, 3.05) is 0 Å². The van der Waals surface area contributed by atoms with Crippen LogP contribution in [-0.4, -0.2) is 12.4 Å². The average molecular weight is 373 g/mol. The third kappa shape index (κ3) is 4.23. The topological polar surface area (TPSA) is 24.7 Å². The first-order chi connectivity index (χ1) is 12.9. The van der Waals surface area contributed by atoms with E-state index in [0.717, 1.165) is 21.1 Å². The predicted octanol–water partition coefficient (Wildman–Crippen LogP) is 6.98.